The number of halogens is 1. The van der Waals surface area contributed by atoms with Gasteiger partial charge in [-0.2, -0.15) is 5.10 Å². The van der Waals surface area contributed by atoms with Crippen LogP contribution in [0.5, 0.6) is 0 Å². The van der Waals surface area contributed by atoms with Gasteiger partial charge < -0.3 is 5.11 Å². The Balaban J connectivity index is 1.27. The molecule has 9 nitrogen and oxygen atoms in total. The Morgan fingerprint density at radius 3 is 2.74 bits per heavy atom. The van der Waals surface area contributed by atoms with E-state index in [-0.39, 0.29) is 0 Å². The molecule has 0 spiro atoms. The summed E-state index contributed by atoms with van der Waals surface area (Å²) < 4.78 is 30.7. The molecule has 0 amide bonds. The Bertz CT molecular complexity index is 1970. The van der Waals surface area contributed by atoms with Crippen LogP contribution in [-0.2, 0) is 22.2 Å². The standard InChI is InChI=1S/C30H27ClN6O3S2/c1-29(15-21(31)6-7-25(29)20-16-35-36(18-20)19-22-5-2-3-12-32-22)42(39,40)37-14-9-24-23(8-13-33-27(24)37)26-17-34-28(41-26)30(38)10-4-11-30/h2-3,5-9,12-18,25,38H,4,10-11,19H2,1H3. The summed E-state index contributed by atoms with van der Waals surface area (Å²) >= 11 is 7.87. The molecular formula is C30H27ClN6O3S2. The fraction of sp³-hybridized carbons (Fsp3) is 0.267. The zero-order valence-corrected chi connectivity index (χ0v) is 25.0. The van der Waals surface area contributed by atoms with E-state index in [0.717, 1.165) is 28.1 Å². The lowest BCUT2D eigenvalue weighted by atomic mass is 9.81. The minimum Gasteiger partial charge on any atom is -0.383 e. The third-order valence-electron chi connectivity index (χ3n) is 8.27. The molecule has 0 bridgehead atoms. The van der Waals surface area contributed by atoms with E-state index in [1.807, 2.05) is 36.5 Å². The summed E-state index contributed by atoms with van der Waals surface area (Å²) in [7, 11) is -4.10. The topological polar surface area (TPSA) is 116 Å². The highest BCUT2D eigenvalue weighted by Crippen LogP contribution is 2.46. The molecule has 2 aliphatic rings. The number of pyridine rings is 2. The summed E-state index contributed by atoms with van der Waals surface area (Å²) in [5.41, 5.74) is 1.86. The Morgan fingerprint density at radius 2 is 1.98 bits per heavy atom. The lowest BCUT2D eigenvalue weighted by Crippen LogP contribution is -2.43. The molecule has 5 heterocycles. The molecule has 2 unspecified atom stereocenters. The van der Waals surface area contributed by atoms with Crippen LogP contribution in [0.4, 0.5) is 0 Å². The predicted octanol–water partition coefficient (Wildman–Crippen LogP) is 5.58. The Labute approximate surface area is 251 Å². The van der Waals surface area contributed by atoms with Crippen LogP contribution in [0, 0.1) is 0 Å². The first-order valence-corrected chi connectivity index (χ1v) is 16.2. The lowest BCUT2D eigenvalue weighted by Gasteiger charge is -2.35. The van der Waals surface area contributed by atoms with Gasteiger partial charge in [-0.05, 0) is 68.2 Å². The van der Waals surface area contributed by atoms with Crippen LogP contribution in [0.2, 0.25) is 0 Å². The molecule has 0 saturated heterocycles. The molecule has 2 aliphatic carbocycles. The third kappa shape index (κ3) is 4.34. The summed E-state index contributed by atoms with van der Waals surface area (Å²) in [5, 5.41) is 17.0. The second kappa shape index (κ2) is 9.98. The fourth-order valence-corrected chi connectivity index (χ4v) is 9.02. The van der Waals surface area contributed by atoms with Crippen LogP contribution >= 0.6 is 22.9 Å². The maximum atomic E-state index is 14.5. The van der Waals surface area contributed by atoms with E-state index >= 15 is 0 Å². The van der Waals surface area contributed by atoms with Crippen molar-refractivity contribution in [2.24, 2.45) is 0 Å². The number of hydrogen-bond acceptors (Lipinski definition) is 8. The number of hydrogen-bond donors (Lipinski definition) is 1. The van der Waals surface area contributed by atoms with Gasteiger partial charge in [0.25, 0.3) is 0 Å². The monoisotopic (exact) mass is 618 g/mol. The second-order valence-electron chi connectivity index (χ2n) is 11.0. The molecule has 0 radical (unpaired) electrons. The van der Waals surface area contributed by atoms with Crippen molar-refractivity contribution in [1.82, 2.24) is 28.7 Å². The van der Waals surface area contributed by atoms with Crippen molar-refractivity contribution in [3.05, 3.63) is 107 Å². The summed E-state index contributed by atoms with van der Waals surface area (Å²) in [4.78, 5) is 14.2. The Kier molecular flexibility index (Phi) is 6.46. The molecule has 12 heteroatoms. The number of nitrogens with zero attached hydrogens (tertiary/aromatic N) is 6. The first-order valence-electron chi connectivity index (χ1n) is 13.6. The predicted molar refractivity (Wildman–Crippen MR) is 163 cm³/mol. The zero-order valence-electron chi connectivity index (χ0n) is 22.6. The number of aliphatic hydroxyl groups is 1. The van der Waals surface area contributed by atoms with Crippen molar-refractivity contribution < 1.29 is 13.5 Å². The van der Waals surface area contributed by atoms with Gasteiger partial charge in [-0.1, -0.05) is 23.7 Å². The second-order valence-corrected chi connectivity index (χ2v) is 14.7. The number of rotatable bonds is 7. The molecule has 2 atom stereocenters. The van der Waals surface area contributed by atoms with Crippen molar-refractivity contribution >= 4 is 44.0 Å². The van der Waals surface area contributed by atoms with E-state index in [0.29, 0.717) is 40.5 Å². The van der Waals surface area contributed by atoms with E-state index < -0.39 is 26.3 Å². The highest BCUT2D eigenvalue weighted by molar-refractivity contribution is 7.91. The minimum atomic E-state index is -4.10. The number of thiazole rings is 1. The van der Waals surface area contributed by atoms with E-state index in [1.165, 1.54) is 15.3 Å². The SMILES string of the molecule is CC1(S(=O)(=O)n2ccc3c(-c4cnc(C5(O)CCC5)s4)ccnc32)C=C(Cl)C=CC1c1cnn(Cc2ccccn2)c1. The van der Waals surface area contributed by atoms with Crippen molar-refractivity contribution in [3.63, 3.8) is 0 Å². The van der Waals surface area contributed by atoms with E-state index in [4.69, 9.17) is 11.6 Å². The maximum Gasteiger partial charge on any atom is 0.250 e. The van der Waals surface area contributed by atoms with Gasteiger partial charge in [-0.15, -0.1) is 11.3 Å². The molecule has 0 aromatic carbocycles. The van der Waals surface area contributed by atoms with Crippen LogP contribution in [0.25, 0.3) is 21.5 Å². The first kappa shape index (κ1) is 27.2. The fourth-order valence-electron chi connectivity index (χ4n) is 5.73. The Hall–Kier alpha value is -3.64. The molecule has 1 saturated carbocycles. The summed E-state index contributed by atoms with van der Waals surface area (Å²) in [6.45, 7) is 2.14. The lowest BCUT2D eigenvalue weighted by molar-refractivity contribution is -0.0389. The molecule has 1 N–H and O–H groups in total. The van der Waals surface area contributed by atoms with Gasteiger partial charge in [0.1, 0.15) is 15.4 Å². The quantitative estimate of drug-likeness (QED) is 0.253. The third-order valence-corrected chi connectivity index (χ3v) is 12.0. The van der Waals surface area contributed by atoms with Gasteiger partial charge in [0.15, 0.2) is 5.65 Å². The van der Waals surface area contributed by atoms with Crippen molar-refractivity contribution in [1.29, 1.82) is 0 Å². The van der Waals surface area contributed by atoms with Crippen molar-refractivity contribution in [3.8, 4) is 10.4 Å². The van der Waals surface area contributed by atoms with Crippen LogP contribution in [0.1, 0.15) is 48.4 Å². The summed E-state index contributed by atoms with van der Waals surface area (Å²) in [6.07, 6.45) is 17.7. The molecule has 5 aromatic rings. The molecule has 42 heavy (non-hydrogen) atoms. The molecule has 0 aliphatic heterocycles. The van der Waals surface area contributed by atoms with Gasteiger partial charge in [-0.3, -0.25) is 9.67 Å². The van der Waals surface area contributed by atoms with Crippen LogP contribution in [0.15, 0.2) is 90.8 Å². The van der Waals surface area contributed by atoms with Gasteiger partial charge in [0.2, 0.25) is 10.0 Å². The number of fused-ring (bicyclic) bond motifs is 1. The van der Waals surface area contributed by atoms with Crippen LogP contribution in [-0.4, -0.2) is 47.0 Å². The highest BCUT2D eigenvalue weighted by atomic mass is 35.5. The van der Waals surface area contributed by atoms with Gasteiger partial charge in [-0.25, -0.2) is 22.4 Å². The summed E-state index contributed by atoms with van der Waals surface area (Å²) in [5.74, 6) is -0.560. The maximum absolute atomic E-state index is 14.5. The molecule has 5 aromatic heterocycles. The minimum absolute atomic E-state index is 0.315. The first-order chi connectivity index (χ1) is 20.2. The van der Waals surface area contributed by atoms with E-state index in [9.17, 15) is 13.5 Å². The number of aromatic nitrogens is 6. The Morgan fingerprint density at radius 1 is 1.12 bits per heavy atom. The average molecular weight is 619 g/mol. The van der Waals surface area contributed by atoms with E-state index in [1.54, 1.807) is 60.8 Å². The molecule has 214 valence electrons. The average Bonchev–Trinajstić information content (AvgIpc) is 3.72. The van der Waals surface area contributed by atoms with Crippen LogP contribution < -0.4 is 0 Å². The summed E-state index contributed by atoms with van der Waals surface area (Å²) in [6, 6.07) is 9.30. The largest absolute Gasteiger partial charge is 0.383 e. The zero-order chi connectivity index (χ0) is 29.1. The smallest absolute Gasteiger partial charge is 0.250 e. The molecule has 7 rings (SSSR count). The number of allylic oxidation sites excluding steroid dienone is 3. The van der Waals surface area contributed by atoms with E-state index in [2.05, 4.69) is 20.1 Å². The molecule has 1 fully saturated rings. The highest BCUT2D eigenvalue weighted by Gasteiger charge is 2.48. The van der Waals surface area contributed by atoms with Crippen LogP contribution in [0.3, 0.4) is 0 Å². The molecular weight excluding hydrogens is 592 g/mol. The van der Waals surface area contributed by atoms with Gasteiger partial charge in [0.05, 0.1) is 23.3 Å². The van der Waals surface area contributed by atoms with Crippen molar-refractivity contribution in [2.45, 2.75) is 49.0 Å². The normalized spacial score (nSPS) is 21.8. The van der Waals surface area contributed by atoms with Gasteiger partial charge >= 0.3 is 0 Å². The van der Waals surface area contributed by atoms with Crippen molar-refractivity contribution in [2.75, 3.05) is 0 Å². The van der Waals surface area contributed by atoms with Gasteiger partial charge in [0, 0.05) is 52.9 Å².